The highest BCUT2D eigenvalue weighted by atomic mass is 32.2. The number of β-amino-alcohol motifs (C(OH)–C–C–N with tert-alkyl or cyclic N) is 1. The molecular weight excluding hydrogens is 454 g/mol. The van der Waals surface area contributed by atoms with E-state index in [2.05, 4.69) is 10.2 Å². The predicted octanol–water partition coefficient (Wildman–Crippen LogP) is 3.08. The summed E-state index contributed by atoms with van der Waals surface area (Å²) >= 11 is 0. The molecule has 1 fully saturated rings. The maximum Gasteiger partial charge on any atom is 0.314 e. The second kappa shape index (κ2) is 9.94. The van der Waals surface area contributed by atoms with Crippen molar-refractivity contribution in [3.8, 4) is 11.5 Å². The van der Waals surface area contributed by atoms with Crippen molar-refractivity contribution in [1.82, 2.24) is 15.1 Å². The molecule has 4 rings (SSSR count). The minimum absolute atomic E-state index is 0.0304. The number of hydrogen-bond donors (Lipinski definition) is 1. The van der Waals surface area contributed by atoms with Crippen LogP contribution in [0.3, 0.4) is 0 Å². The Morgan fingerprint density at radius 2 is 1.85 bits per heavy atom. The van der Waals surface area contributed by atoms with E-state index in [0.29, 0.717) is 42.9 Å². The number of para-hydroxylation sites is 1. The molecule has 2 heterocycles. The number of likely N-dealkylation sites (tertiary alicyclic amines) is 1. The molecular formula is C22H24F2N4O4S. The lowest BCUT2D eigenvalue weighted by molar-refractivity contribution is 0.116. The predicted molar refractivity (Wildman–Crippen MR) is 118 cm³/mol. The topological polar surface area (TPSA) is 99.8 Å². The van der Waals surface area contributed by atoms with Crippen LogP contribution in [0, 0.1) is 0 Å². The Kier molecular flexibility index (Phi) is 7.01. The molecule has 3 aromatic rings. The van der Waals surface area contributed by atoms with Gasteiger partial charge in [0.25, 0.3) is 5.89 Å². The summed E-state index contributed by atoms with van der Waals surface area (Å²) in [6.07, 6.45) is -2.61. The quantitative estimate of drug-likeness (QED) is 0.505. The van der Waals surface area contributed by atoms with E-state index in [0.717, 1.165) is 0 Å². The minimum Gasteiger partial charge on any atom is -0.415 e. The summed E-state index contributed by atoms with van der Waals surface area (Å²) in [5.74, 6) is -0.858. The number of aromatic nitrogens is 2. The van der Waals surface area contributed by atoms with Crippen LogP contribution in [0.2, 0.25) is 0 Å². The monoisotopic (exact) mass is 478 g/mol. The third-order valence-corrected chi connectivity index (χ3v) is 7.16. The summed E-state index contributed by atoms with van der Waals surface area (Å²) in [6.45, 7) is 1.59. The fourth-order valence-electron chi connectivity index (χ4n) is 3.67. The molecule has 0 spiro atoms. The van der Waals surface area contributed by atoms with Gasteiger partial charge in [-0.05, 0) is 36.2 Å². The van der Waals surface area contributed by atoms with Gasteiger partial charge in [0.15, 0.2) is 0 Å². The Hall–Kier alpha value is -2.89. The minimum atomic E-state index is -3.66. The van der Waals surface area contributed by atoms with Gasteiger partial charge in [-0.1, -0.05) is 30.3 Å². The van der Waals surface area contributed by atoms with Gasteiger partial charge < -0.3 is 9.52 Å². The summed E-state index contributed by atoms with van der Waals surface area (Å²) in [5, 5.41) is 16.6. The molecule has 1 aliphatic heterocycles. The Balaban J connectivity index is 1.51. The van der Waals surface area contributed by atoms with E-state index in [-0.39, 0.29) is 18.2 Å². The maximum atomic E-state index is 13.3. The molecule has 1 unspecified atom stereocenters. The second-order valence-electron chi connectivity index (χ2n) is 7.84. The molecule has 176 valence electrons. The van der Waals surface area contributed by atoms with Crippen LogP contribution in [0.25, 0.3) is 11.5 Å². The first-order valence-corrected chi connectivity index (χ1v) is 12.1. The fraction of sp³-hybridized carbons (Fsp3) is 0.364. The third kappa shape index (κ3) is 5.73. The van der Waals surface area contributed by atoms with Crippen molar-refractivity contribution in [3.63, 3.8) is 0 Å². The highest BCUT2D eigenvalue weighted by molar-refractivity contribution is 7.92. The standard InChI is InChI=1S/C22H24F2N4O4S/c23-20(24)22-26-25-21(32-22)17-8-6-16(7-9-17)14-28(18-4-2-1-3-5-18)33(30,31)13-12-27-11-10-19(29)15-27/h1-9,19-20,29H,10-15H2. The Labute approximate surface area is 190 Å². The molecule has 2 aromatic carbocycles. The zero-order chi connectivity index (χ0) is 23.4. The number of nitrogens with zero attached hydrogens (tertiary/aromatic N) is 4. The van der Waals surface area contributed by atoms with Gasteiger partial charge in [0.05, 0.1) is 24.1 Å². The Bertz CT molecular complexity index is 1160. The van der Waals surface area contributed by atoms with Crippen LogP contribution in [0.1, 0.15) is 24.3 Å². The highest BCUT2D eigenvalue weighted by Crippen LogP contribution is 2.25. The van der Waals surface area contributed by atoms with Gasteiger partial charge in [-0.3, -0.25) is 9.21 Å². The summed E-state index contributed by atoms with van der Waals surface area (Å²) in [7, 11) is -3.66. The van der Waals surface area contributed by atoms with Crippen molar-refractivity contribution < 1.29 is 26.7 Å². The summed E-state index contributed by atoms with van der Waals surface area (Å²) in [4.78, 5) is 1.94. The molecule has 0 bridgehead atoms. The molecule has 1 saturated heterocycles. The van der Waals surface area contributed by atoms with Crippen LogP contribution in [0.5, 0.6) is 0 Å². The first-order valence-electron chi connectivity index (χ1n) is 10.5. The largest absolute Gasteiger partial charge is 0.415 e. The Morgan fingerprint density at radius 1 is 1.12 bits per heavy atom. The number of halogens is 2. The summed E-state index contributed by atoms with van der Waals surface area (Å²) < 4.78 is 58.2. The molecule has 1 N–H and O–H groups in total. The molecule has 0 radical (unpaired) electrons. The third-order valence-electron chi connectivity index (χ3n) is 5.45. The molecule has 0 amide bonds. The first kappa shape index (κ1) is 23.3. The van der Waals surface area contributed by atoms with Gasteiger partial charge in [0.1, 0.15) is 0 Å². The van der Waals surface area contributed by atoms with E-state index in [4.69, 9.17) is 4.42 Å². The van der Waals surface area contributed by atoms with Crippen LogP contribution in [-0.2, 0) is 16.6 Å². The van der Waals surface area contributed by atoms with Crippen LogP contribution in [0.4, 0.5) is 14.5 Å². The highest BCUT2D eigenvalue weighted by Gasteiger charge is 2.26. The Morgan fingerprint density at radius 3 is 2.45 bits per heavy atom. The van der Waals surface area contributed by atoms with E-state index >= 15 is 0 Å². The number of benzene rings is 2. The van der Waals surface area contributed by atoms with Gasteiger partial charge in [-0.2, -0.15) is 8.78 Å². The number of aliphatic hydroxyl groups is 1. The lowest BCUT2D eigenvalue weighted by atomic mass is 10.1. The van der Waals surface area contributed by atoms with E-state index in [1.807, 2.05) is 11.0 Å². The van der Waals surface area contributed by atoms with Crippen molar-refractivity contribution in [2.45, 2.75) is 25.5 Å². The van der Waals surface area contributed by atoms with Gasteiger partial charge >= 0.3 is 6.43 Å². The van der Waals surface area contributed by atoms with Crippen LogP contribution in [-0.4, -0.2) is 60.1 Å². The summed E-state index contributed by atoms with van der Waals surface area (Å²) in [6, 6.07) is 15.5. The van der Waals surface area contributed by atoms with E-state index in [1.165, 1.54) is 4.31 Å². The second-order valence-corrected chi connectivity index (χ2v) is 9.86. The first-order chi connectivity index (χ1) is 15.8. The average Bonchev–Trinajstić information content (AvgIpc) is 3.46. The normalized spacial score (nSPS) is 17.0. The van der Waals surface area contributed by atoms with Crippen molar-refractivity contribution in [3.05, 3.63) is 66.1 Å². The fourth-order valence-corrected chi connectivity index (χ4v) is 5.17. The molecule has 8 nitrogen and oxygen atoms in total. The van der Waals surface area contributed by atoms with Gasteiger partial charge in [-0.25, -0.2) is 8.42 Å². The molecule has 33 heavy (non-hydrogen) atoms. The molecule has 0 aliphatic carbocycles. The molecule has 1 aliphatic rings. The number of aliphatic hydroxyl groups excluding tert-OH is 1. The SMILES string of the molecule is O=S(=O)(CCN1CCC(O)C1)N(Cc1ccc(-c2nnc(C(F)F)o2)cc1)c1ccccc1. The summed E-state index contributed by atoms with van der Waals surface area (Å²) in [5.41, 5.74) is 1.71. The average molecular weight is 479 g/mol. The van der Waals surface area contributed by atoms with Crippen LogP contribution < -0.4 is 4.31 Å². The number of rotatable bonds is 9. The molecule has 1 atom stereocenters. The van der Waals surface area contributed by atoms with E-state index < -0.39 is 28.4 Å². The van der Waals surface area contributed by atoms with Gasteiger partial charge in [0, 0.05) is 25.2 Å². The van der Waals surface area contributed by atoms with Crippen LogP contribution in [0.15, 0.2) is 59.0 Å². The van der Waals surface area contributed by atoms with Crippen molar-refractivity contribution in [2.24, 2.45) is 0 Å². The maximum absolute atomic E-state index is 13.3. The zero-order valence-electron chi connectivity index (χ0n) is 17.7. The van der Waals surface area contributed by atoms with E-state index in [9.17, 15) is 22.3 Å². The molecule has 11 heteroatoms. The number of anilines is 1. The van der Waals surface area contributed by atoms with Crippen molar-refractivity contribution in [1.29, 1.82) is 0 Å². The lowest BCUT2D eigenvalue weighted by Gasteiger charge is -2.26. The van der Waals surface area contributed by atoms with Gasteiger partial charge in [0.2, 0.25) is 15.9 Å². The van der Waals surface area contributed by atoms with E-state index in [1.54, 1.807) is 48.5 Å². The lowest BCUT2D eigenvalue weighted by Crippen LogP contribution is -2.37. The molecule has 1 aromatic heterocycles. The van der Waals surface area contributed by atoms with Gasteiger partial charge in [-0.15, -0.1) is 10.2 Å². The van der Waals surface area contributed by atoms with Crippen molar-refractivity contribution in [2.75, 3.05) is 29.7 Å². The number of sulfonamides is 1. The smallest absolute Gasteiger partial charge is 0.314 e. The number of hydrogen-bond acceptors (Lipinski definition) is 7. The van der Waals surface area contributed by atoms with Crippen LogP contribution >= 0.6 is 0 Å². The zero-order valence-corrected chi connectivity index (χ0v) is 18.5. The number of alkyl halides is 2. The molecule has 0 saturated carbocycles. The van der Waals surface area contributed by atoms with Crippen molar-refractivity contribution >= 4 is 15.7 Å².